The highest BCUT2D eigenvalue weighted by atomic mass is 16.7. The van der Waals surface area contributed by atoms with E-state index in [2.05, 4.69) is 4.98 Å². The van der Waals surface area contributed by atoms with Crippen molar-refractivity contribution in [2.24, 2.45) is 0 Å². The summed E-state index contributed by atoms with van der Waals surface area (Å²) < 4.78 is 12.1. The molecule has 0 radical (unpaired) electrons. The van der Waals surface area contributed by atoms with Gasteiger partial charge in [0.2, 0.25) is 0 Å². The van der Waals surface area contributed by atoms with Gasteiger partial charge in [-0.3, -0.25) is 4.98 Å². The van der Waals surface area contributed by atoms with Gasteiger partial charge in [0.15, 0.2) is 0 Å². The summed E-state index contributed by atoms with van der Waals surface area (Å²) in [6, 6.07) is 7.16. The van der Waals surface area contributed by atoms with E-state index < -0.39 is 18.3 Å². The first-order valence-corrected chi connectivity index (χ1v) is 6.73. The van der Waals surface area contributed by atoms with Gasteiger partial charge in [0.05, 0.1) is 16.7 Å². The maximum Gasteiger partial charge on any atom is 0.495 e. The van der Waals surface area contributed by atoms with Gasteiger partial charge >= 0.3 is 7.12 Å². The normalized spacial score (nSPS) is 20.5. The summed E-state index contributed by atoms with van der Waals surface area (Å²) in [5.74, 6) is 0.168. The van der Waals surface area contributed by atoms with E-state index >= 15 is 0 Å². The highest BCUT2D eigenvalue weighted by molar-refractivity contribution is 6.65. The van der Waals surface area contributed by atoms with Crippen LogP contribution in [0.2, 0.25) is 0 Å². The van der Waals surface area contributed by atoms with Crippen molar-refractivity contribution in [2.45, 2.75) is 38.9 Å². The van der Waals surface area contributed by atoms with E-state index in [9.17, 15) is 5.11 Å². The third-order valence-electron chi connectivity index (χ3n) is 4.24. The van der Waals surface area contributed by atoms with Crippen LogP contribution in [0.5, 0.6) is 5.75 Å². The molecule has 1 fully saturated rings. The minimum atomic E-state index is -0.501. The lowest BCUT2D eigenvalue weighted by Crippen LogP contribution is -2.41. The lowest BCUT2D eigenvalue weighted by atomic mass is 9.76. The topological polar surface area (TPSA) is 51.6 Å². The molecular weight excluding hydrogens is 253 g/mol. The SMILES string of the molecule is CC1(C)OB(c2cc(O)cc3ncccc23)OC1(C)C. The molecule has 0 aliphatic carbocycles. The molecule has 0 atom stereocenters. The van der Waals surface area contributed by atoms with Crippen molar-refractivity contribution >= 4 is 23.5 Å². The Morgan fingerprint density at radius 1 is 1.10 bits per heavy atom. The molecule has 1 aliphatic heterocycles. The van der Waals surface area contributed by atoms with Crippen LogP contribution in [0.4, 0.5) is 0 Å². The van der Waals surface area contributed by atoms with Gasteiger partial charge in [-0.05, 0) is 45.3 Å². The van der Waals surface area contributed by atoms with E-state index in [0.29, 0.717) is 0 Å². The van der Waals surface area contributed by atoms with E-state index in [1.807, 2.05) is 39.8 Å². The van der Waals surface area contributed by atoms with Crippen molar-refractivity contribution in [3.63, 3.8) is 0 Å². The van der Waals surface area contributed by atoms with Gasteiger partial charge in [-0.25, -0.2) is 0 Å². The van der Waals surface area contributed by atoms with E-state index in [-0.39, 0.29) is 5.75 Å². The number of nitrogens with zero attached hydrogens (tertiary/aromatic N) is 1. The van der Waals surface area contributed by atoms with Gasteiger partial charge in [-0.2, -0.15) is 0 Å². The number of fused-ring (bicyclic) bond motifs is 1. The summed E-state index contributed by atoms with van der Waals surface area (Å²) in [5.41, 5.74) is 0.735. The lowest BCUT2D eigenvalue weighted by molar-refractivity contribution is 0.00578. The molecule has 1 aliphatic rings. The van der Waals surface area contributed by atoms with Gasteiger partial charge in [0, 0.05) is 17.6 Å². The second-order valence-electron chi connectivity index (χ2n) is 6.19. The van der Waals surface area contributed by atoms with E-state index in [1.54, 1.807) is 18.3 Å². The first kappa shape index (κ1) is 13.4. The molecule has 2 aromatic rings. The molecule has 1 aromatic heterocycles. The van der Waals surface area contributed by atoms with Crippen LogP contribution in [0, 0.1) is 0 Å². The second kappa shape index (κ2) is 4.20. The summed E-state index contributed by atoms with van der Waals surface area (Å²) >= 11 is 0. The predicted molar refractivity (Wildman–Crippen MR) is 79.1 cm³/mol. The van der Waals surface area contributed by atoms with Crippen LogP contribution >= 0.6 is 0 Å². The maximum atomic E-state index is 9.88. The number of benzene rings is 1. The number of phenols is 1. The summed E-state index contributed by atoms with van der Waals surface area (Å²) in [5, 5.41) is 10.8. The lowest BCUT2D eigenvalue weighted by Gasteiger charge is -2.32. The highest BCUT2D eigenvalue weighted by Crippen LogP contribution is 2.37. The van der Waals surface area contributed by atoms with Crippen LogP contribution in [-0.4, -0.2) is 28.4 Å². The number of rotatable bonds is 1. The Labute approximate surface area is 118 Å². The monoisotopic (exact) mass is 271 g/mol. The largest absolute Gasteiger partial charge is 0.508 e. The average Bonchev–Trinajstić information content (AvgIpc) is 2.57. The van der Waals surface area contributed by atoms with Crippen molar-refractivity contribution in [3.8, 4) is 5.75 Å². The van der Waals surface area contributed by atoms with Crippen molar-refractivity contribution in [1.29, 1.82) is 0 Å². The van der Waals surface area contributed by atoms with Gasteiger partial charge in [0.25, 0.3) is 0 Å². The molecule has 1 aromatic carbocycles. The zero-order valence-electron chi connectivity index (χ0n) is 12.2. The standard InChI is InChI=1S/C15H18BNO3/c1-14(2)15(3,4)20-16(19-14)12-8-10(18)9-13-11(12)6-5-7-17-13/h5-9,18H,1-4H3. The van der Waals surface area contributed by atoms with E-state index in [4.69, 9.17) is 9.31 Å². The Morgan fingerprint density at radius 2 is 1.75 bits per heavy atom. The molecule has 0 saturated carbocycles. The van der Waals surface area contributed by atoms with Crippen LogP contribution in [0.1, 0.15) is 27.7 Å². The summed E-state index contributed by atoms with van der Waals surface area (Å²) in [6.07, 6.45) is 1.70. The van der Waals surface area contributed by atoms with Crippen molar-refractivity contribution < 1.29 is 14.4 Å². The zero-order valence-corrected chi connectivity index (χ0v) is 12.2. The number of aromatic nitrogens is 1. The smallest absolute Gasteiger partial charge is 0.495 e. The van der Waals surface area contributed by atoms with Crippen molar-refractivity contribution in [3.05, 3.63) is 30.5 Å². The van der Waals surface area contributed by atoms with Crippen LogP contribution in [0.3, 0.4) is 0 Å². The number of phenolic OH excluding ortho intramolecular Hbond substituents is 1. The fourth-order valence-electron chi connectivity index (χ4n) is 2.36. The zero-order chi connectivity index (χ0) is 14.5. The van der Waals surface area contributed by atoms with Crippen LogP contribution in [0.15, 0.2) is 30.5 Å². The molecule has 0 spiro atoms. The summed E-state index contributed by atoms with van der Waals surface area (Å²) in [7, 11) is -0.501. The molecule has 1 N–H and O–H groups in total. The Kier molecular flexibility index (Phi) is 2.82. The Bertz CT molecular complexity index is 653. The Hall–Kier alpha value is -1.59. The molecule has 2 heterocycles. The predicted octanol–water partition coefficient (Wildman–Crippen LogP) is 2.24. The average molecular weight is 271 g/mol. The second-order valence-corrected chi connectivity index (χ2v) is 6.19. The van der Waals surface area contributed by atoms with Gasteiger partial charge in [0.1, 0.15) is 5.75 Å². The highest BCUT2D eigenvalue weighted by Gasteiger charge is 2.52. The first-order valence-electron chi connectivity index (χ1n) is 6.73. The summed E-state index contributed by atoms with van der Waals surface area (Å²) in [4.78, 5) is 4.28. The van der Waals surface area contributed by atoms with E-state index in [0.717, 1.165) is 16.4 Å². The van der Waals surface area contributed by atoms with Crippen LogP contribution < -0.4 is 5.46 Å². The molecule has 20 heavy (non-hydrogen) atoms. The molecule has 5 heteroatoms. The molecule has 1 saturated heterocycles. The molecule has 0 bridgehead atoms. The number of pyridine rings is 1. The number of aromatic hydroxyl groups is 1. The number of hydrogen-bond acceptors (Lipinski definition) is 4. The van der Waals surface area contributed by atoms with Gasteiger partial charge in [-0.15, -0.1) is 0 Å². The fraction of sp³-hybridized carbons (Fsp3) is 0.400. The summed E-state index contributed by atoms with van der Waals surface area (Å²) in [6.45, 7) is 8.04. The molecule has 4 nitrogen and oxygen atoms in total. The first-order chi connectivity index (χ1) is 9.30. The molecule has 104 valence electrons. The molecule has 0 amide bonds. The van der Waals surface area contributed by atoms with Gasteiger partial charge < -0.3 is 14.4 Å². The molecule has 3 rings (SSSR count). The van der Waals surface area contributed by atoms with Crippen molar-refractivity contribution in [1.82, 2.24) is 4.98 Å². The minimum Gasteiger partial charge on any atom is -0.508 e. The van der Waals surface area contributed by atoms with Crippen LogP contribution in [-0.2, 0) is 9.31 Å². The van der Waals surface area contributed by atoms with Crippen molar-refractivity contribution in [2.75, 3.05) is 0 Å². The quantitative estimate of drug-likeness (QED) is 0.808. The molecule has 0 unspecified atom stereocenters. The third-order valence-corrected chi connectivity index (χ3v) is 4.24. The maximum absolute atomic E-state index is 9.88. The number of hydrogen-bond donors (Lipinski definition) is 1. The fourth-order valence-corrected chi connectivity index (χ4v) is 2.36. The third kappa shape index (κ3) is 1.98. The van der Waals surface area contributed by atoms with E-state index in [1.165, 1.54) is 0 Å². The van der Waals surface area contributed by atoms with Gasteiger partial charge in [-0.1, -0.05) is 6.07 Å². The van der Waals surface area contributed by atoms with Crippen LogP contribution in [0.25, 0.3) is 10.9 Å². The minimum absolute atomic E-state index is 0.168. The Morgan fingerprint density at radius 3 is 2.40 bits per heavy atom. The molecular formula is C15H18BNO3. The Balaban J connectivity index is 2.12.